The number of rotatable bonds is 5. The van der Waals surface area contributed by atoms with Crippen molar-refractivity contribution >= 4 is 19.1 Å². The molecule has 0 radical (unpaired) electrons. The number of hydrogen-bond donors (Lipinski definition) is 1. The van der Waals surface area contributed by atoms with Crippen LogP contribution in [0.5, 0.6) is 5.75 Å². The van der Waals surface area contributed by atoms with E-state index >= 15 is 0 Å². The lowest BCUT2D eigenvalue weighted by Gasteiger charge is -2.15. The predicted molar refractivity (Wildman–Crippen MR) is 86.7 cm³/mol. The Kier molecular flexibility index (Phi) is 4.23. The number of hydrogen-bond acceptors (Lipinski definition) is 3. The number of methoxy groups -OCH3 is 1. The van der Waals surface area contributed by atoms with Gasteiger partial charge in [0.05, 0.1) is 18.5 Å². The first kappa shape index (κ1) is 14.7. The molecule has 1 aromatic carbocycles. The minimum atomic E-state index is -1.37. The second-order valence-electron chi connectivity index (χ2n) is 6.05. The Balaban J connectivity index is 2.07. The van der Waals surface area contributed by atoms with Gasteiger partial charge in [0.2, 0.25) is 0 Å². The van der Waals surface area contributed by atoms with Crippen LogP contribution in [-0.4, -0.2) is 15.2 Å². The van der Waals surface area contributed by atoms with Crippen LogP contribution in [-0.2, 0) is 0 Å². The van der Waals surface area contributed by atoms with Crippen molar-refractivity contribution in [2.45, 2.75) is 32.6 Å². The summed E-state index contributed by atoms with van der Waals surface area (Å²) in [6.45, 7) is 8.97. The summed E-state index contributed by atoms with van der Waals surface area (Å²) in [5.74, 6) is 1.85. The van der Waals surface area contributed by atoms with E-state index < -0.39 is 8.07 Å². The topological polar surface area (TPSA) is 34.4 Å². The lowest BCUT2D eigenvalue weighted by Crippen LogP contribution is -2.36. The maximum Gasteiger partial charge on any atom is 0.125 e. The van der Waals surface area contributed by atoms with Crippen molar-refractivity contribution in [3.05, 3.63) is 42.2 Å². The van der Waals surface area contributed by atoms with Crippen molar-refractivity contribution < 1.29 is 9.15 Å². The molecular weight excluding hydrogens is 266 g/mol. The van der Waals surface area contributed by atoms with Crippen LogP contribution in [0.15, 0.2) is 40.8 Å². The normalized spacial score (nSPS) is 13.1. The van der Waals surface area contributed by atoms with Gasteiger partial charge in [0.1, 0.15) is 19.6 Å². The first-order valence-corrected chi connectivity index (χ1v) is 10.4. The summed E-state index contributed by atoms with van der Waals surface area (Å²) in [6.07, 6.45) is 0. The minimum absolute atomic E-state index is 0.147. The summed E-state index contributed by atoms with van der Waals surface area (Å²) >= 11 is 0. The quantitative estimate of drug-likeness (QED) is 0.845. The van der Waals surface area contributed by atoms with Crippen LogP contribution in [0.1, 0.15) is 18.7 Å². The Morgan fingerprint density at radius 1 is 1.05 bits per heavy atom. The highest BCUT2D eigenvalue weighted by atomic mass is 28.3. The first-order valence-electron chi connectivity index (χ1n) is 6.91. The summed E-state index contributed by atoms with van der Waals surface area (Å²) < 4.78 is 11.2. The molecule has 0 aliphatic heterocycles. The number of nitrogens with one attached hydrogen (secondary N) is 1. The lowest BCUT2D eigenvalue weighted by atomic mass is 10.2. The SMILES string of the molecule is COc1ccc(N[C@@H](C)c2ccc([Si](C)(C)C)o2)cc1. The second kappa shape index (κ2) is 5.75. The molecule has 20 heavy (non-hydrogen) atoms. The molecule has 0 saturated heterocycles. The van der Waals surface area contributed by atoms with E-state index in [1.54, 1.807) is 7.11 Å². The molecular formula is C16H23NO2Si. The smallest absolute Gasteiger partial charge is 0.125 e. The Hall–Kier alpha value is -1.68. The van der Waals surface area contributed by atoms with Gasteiger partial charge in [-0.1, -0.05) is 19.6 Å². The Bertz CT molecular complexity index is 555. The molecule has 108 valence electrons. The Morgan fingerprint density at radius 3 is 2.20 bits per heavy atom. The Labute approximate surface area is 122 Å². The molecule has 3 nitrogen and oxygen atoms in total. The van der Waals surface area contributed by atoms with E-state index in [9.17, 15) is 0 Å². The molecule has 1 aromatic heterocycles. The molecule has 1 atom stereocenters. The van der Waals surface area contributed by atoms with Gasteiger partial charge in [-0.15, -0.1) is 0 Å². The third-order valence-corrected chi connectivity index (χ3v) is 5.01. The fourth-order valence-electron chi connectivity index (χ4n) is 2.00. The van der Waals surface area contributed by atoms with E-state index in [2.05, 4.69) is 44.0 Å². The molecule has 0 aliphatic carbocycles. The van der Waals surface area contributed by atoms with Crippen LogP contribution in [0.4, 0.5) is 5.69 Å². The molecule has 0 fully saturated rings. The first-order chi connectivity index (χ1) is 9.40. The molecule has 0 bridgehead atoms. The van der Waals surface area contributed by atoms with Crippen molar-refractivity contribution in [1.82, 2.24) is 0 Å². The molecule has 0 amide bonds. The molecule has 0 unspecified atom stereocenters. The van der Waals surface area contributed by atoms with Gasteiger partial charge in [-0.2, -0.15) is 0 Å². The number of anilines is 1. The van der Waals surface area contributed by atoms with E-state index in [0.29, 0.717) is 0 Å². The zero-order chi connectivity index (χ0) is 14.8. The minimum Gasteiger partial charge on any atom is -0.497 e. The highest BCUT2D eigenvalue weighted by Crippen LogP contribution is 2.22. The van der Waals surface area contributed by atoms with E-state index in [1.165, 1.54) is 0 Å². The van der Waals surface area contributed by atoms with E-state index in [-0.39, 0.29) is 6.04 Å². The van der Waals surface area contributed by atoms with Crippen LogP contribution < -0.4 is 15.4 Å². The monoisotopic (exact) mass is 289 g/mol. The van der Waals surface area contributed by atoms with Crippen molar-refractivity contribution in [3.8, 4) is 5.75 Å². The van der Waals surface area contributed by atoms with Gasteiger partial charge in [0, 0.05) is 5.69 Å². The van der Waals surface area contributed by atoms with Crippen molar-refractivity contribution in [3.63, 3.8) is 0 Å². The average Bonchev–Trinajstić information content (AvgIpc) is 2.89. The summed E-state index contributed by atoms with van der Waals surface area (Å²) in [5.41, 5.74) is 1.06. The van der Waals surface area contributed by atoms with Crippen LogP contribution in [0, 0.1) is 0 Å². The molecule has 2 aromatic rings. The van der Waals surface area contributed by atoms with Crippen molar-refractivity contribution in [2.75, 3.05) is 12.4 Å². The summed E-state index contributed by atoms with van der Waals surface area (Å²) in [5, 5.41) is 4.59. The van der Waals surface area contributed by atoms with Gasteiger partial charge < -0.3 is 14.5 Å². The largest absolute Gasteiger partial charge is 0.497 e. The van der Waals surface area contributed by atoms with Crippen LogP contribution in [0.2, 0.25) is 19.6 Å². The van der Waals surface area contributed by atoms with E-state index in [4.69, 9.17) is 9.15 Å². The van der Waals surface area contributed by atoms with E-state index in [0.717, 1.165) is 22.6 Å². The van der Waals surface area contributed by atoms with Gasteiger partial charge in [-0.05, 0) is 43.3 Å². The molecule has 0 saturated carbocycles. The van der Waals surface area contributed by atoms with Crippen LogP contribution in [0.25, 0.3) is 0 Å². The van der Waals surface area contributed by atoms with Crippen LogP contribution >= 0.6 is 0 Å². The highest BCUT2D eigenvalue weighted by molar-refractivity contribution is 6.87. The number of ether oxygens (including phenoxy) is 1. The molecule has 4 heteroatoms. The third-order valence-electron chi connectivity index (χ3n) is 3.27. The van der Waals surface area contributed by atoms with Gasteiger partial charge in [-0.3, -0.25) is 0 Å². The predicted octanol–water partition coefficient (Wildman–Crippen LogP) is 4.01. The van der Waals surface area contributed by atoms with Crippen molar-refractivity contribution in [2.24, 2.45) is 0 Å². The molecule has 0 spiro atoms. The van der Waals surface area contributed by atoms with Crippen molar-refractivity contribution in [1.29, 1.82) is 0 Å². The number of benzene rings is 1. The molecule has 0 aliphatic rings. The summed E-state index contributed by atoms with van der Waals surface area (Å²) in [4.78, 5) is 0. The zero-order valence-corrected chi connectivity index (χ0v) is 13.9. The second-order valence-corrected chi connectivity index (χ2v) is 11.0. The lowest BCUT2D eigenvalue weighted by molar-refractivity contribution is 0.415. The van der Waals surface area contributed by atoms with Gasteiger partial charge in [0.15, 0.2) is 0 Å². The maximum absolute atomic E-state index is 6.00. The third kappa shape index (κ3) is 3.45. The van der Waals surface area contributed by atoms with Gasteiger partial charge in [0.25, 0.3) is 0 Å². The zero-order valence-electron chi connectivity index (χ0n) is 12.9. The molecule has 1 N–H and O–H groups in total. The average molecular weight is 289 g/mol. The highest BCUT2D eigenvalue weighted by Gasteiger charge is 2.22. The Morgan fingerprint density at radius 2 is 1.70 bits per heavy atom. The maximum atomic E-state index is 6.00. The standard InChI is InChI=1S/C16H23NO2Si/c1-12(15-10-11-16(19-15)20(3,4)5)17-13-6-8-14(18-2)9-7-13/h6-12,17H,1-5H3/t12-/m0/s1. The van der Waals surface area contributed by atoms with Gasteiger partial charge >= 0.3 is 0 Å². The fraction of sp³-hybridized carbons (Fsp3) is 0.375. The van der Waals surface area contributed by atoms with Gasteiger partial charge in [-0.25, -0.2) is 0 Å². The summed E-state index contributed by atoms with van der Waals surface area (Å²) in [6, 6.07) is 12.3. The van der Waals surface area contributed by atoms with E-state index in [1.807, 2.05) is 24.3 Å². The molecule has 1 heterocycles. The number of furan rings is 1. The summed E-state index contributed by atoms with van der Waals surface area (Å²) in [7, 11) is 0.299. The molecule has 2 rings (SSSR count). The van der Waals surface area contributed by atoms with Crippen LogP contribution in [0.3, 0.4) is 0 Å². The fourth-order valence-corrected chi connectivity index (χ4v) is 3.00.